The van der Waals surface area contributed by atoms with Crippen molar-refractivity contribution in [2.45, 2.75) is 64.8 Å². The lowest BCUT2D eigenvalue weighted by Crippen LogP contribution is -2.45. The lowest BCUT2D eigenvalue weighted by Gasteiger charge is -2.46. The van der Waals surface area contributed by atoms with E-state index in [1.165, 1.54) is 18.5 Å². The van der Waals surface area contributed by atoms with Gasteiger partial charge in [-0.25, -0.2) is 0 Å². The van der Waals surface area contributed by atoms with E-state index in [9.17, 15) is 9.59 Å². The predicted molar refractivity (Wildman–Crippen MR) is 109 cm³/mol. The van der Waals surface area contributed by atoms with Crippen molar-refractivity contribution in [2.75, 3.05) is 24.6 Å². The Kier molecular flexibility index (Phi) is 6.92. The predicted octanol–water partition coefficient (Wildman–Crippen LogP) is 3.32. The Hall–Kier alpha value is -2.11. The number of anilines is 1. The van der Waals surface area contributed by atoms with Crippen LogP contribution in [-0.4, -0.2) is 42.6 Å². The van der Waals surface area contributed by atoms with Crippen molar-refractivity contribution in [1.82, 2.24) is 10.3 Å². The van der Waals surface area contributed by atoms with Gasteiger partial charge in [-0.3, -0.25) is 14.6 Å². The van der Waals surface area contributed by atoms with Gasteiger partial charge in [0, 0.05) is 43.1 Å². The molecule has 1 aromatic rings. The highest BCUT2D eigenvalue weighted by atomic mass is 16.5. The van der Waals surface area contributed by atoms with Crippen LogP contribution in [0.15, 0.2) is 24.5 Å². The first-order valence-corrected chi connectivity index (χ1v) is 10.6. The molecule has 1 aliphatic carbocycles. The highest BCUT2D eigenvalue weighted by Crippen LogP contribution is 2.46. The molecule has 6 heteroatoms. The van der Waals surface area contributed by atoms with Crippen LogP contribution < -0.4 is 10.2 Å². The maximum Gasteiger partial charge on any atom is 0.307 e. The van der Waals surface area contributed by atoms with E-state index in [-0.39, 0.29) is 30.3 Å². The third kappa shape index (κ3) is 5.24. The van der Waals surface area contributed by atoms with Gasteiger partial charge in [0.05, 0.1) is 13.0 Å². The summed E-state index contributed by atoms with van der Waals surface area (Å²) in [5.41, 5.74) is 1.66. The Morgan fingerprint density at radius 1 is 1.21 bits per heavy atom. The van der Waals surface area contributed by atoms with Crippen molar-refractivity contribution in [3.8, 4) is 0 Å². The first-order valence-electron chi connectivity index (χ1n) is 10.6. The van der Waals surface area contributed by atoms with Crippen LogP contribution in [0, 0.1) is 11.3 Å². The van der Waals surface area contributed by atoms with Crippen LogP contribution >= 0.6 is 0 Å². The van der Waals surface area contributed by atoms with E-state index in [0.29, 0.717) is 12.0 Å². The van der Waals surface area contributed by atoms with Crippen LogP contribution in [0.2, 0.25) is 0 Å². The van der Waals surface area contributed by atoms with Gasteiger partial charge in [-0.1, -0.05) is 0 Å². The number of carbonyl (C=O) groups is 2. The number of nitrogens with one attached hydrogen (secondary N) is 1. The summed E-state index contributed by atoms with van der Waals surface area (Å²) >= 11 is 0. The number of hydrogen-bond donors (Lipinski definition) is 1. The van der Waals surface area contributed by atoms with Crippen LogP contribution in [0.5, 0.6) is 0 Å². The molecule has 3 rings (SSSR count). The summed E-state index contributed by atoms with van der Waals surface area (Å²) in [5, 5.41) is 3.00. The maximum atomic E-state index is 12.6. The Bertz CT molecular complexity index is 646. The maximum absolute atomic E-state index is 12.6. The molecule has 2 aliphatic rings. The van der Waals surface area contributed by atoms with Gasteiger partial charge in [0.25, 0.3) is 0 Å². The fourth-order valence-corrected chi connectivity index (χ4v) is 4.67. The van der Waals surface area contributed by atoms with Crippen LogP contribution in [0.3, 0.4) is 0 Å². The van der Waals surface area contributed by atoms with Gasteiger partial charge < -0.3 is 15.0 Å². The molecular formula is C22H33N3O3. The van der Waals surface area contributed by atoms with E-state index in [0.717, 1.165) is 38.8 Å². The highest BCUT2D eigenvalue weighted by molar-refractivity contribution is 5.80. The Morgan fingerprint density at radius 2 is 1.86 bits per heavy atom. The van der Waals surface area contributed by atoms with E-state index in [1.807, 2.05) is 19.3 Å². The second kappa shape index (κ2) is 9.39. The Balaban J connectivity index is 1.43. The van der Waals surface area contributed by atoms with Crippen molar-refractivity contribution < 1.29 is 14.3 Å². The topological polar surface area (TPSA) is 71.5 Å². The number of nitrogens with zero attached hydrogens (tertiary/aromatic N) is 2. The third-order valence-corrected chi connectivity index (χ3v) is 6.44. The average Bonchev–Trinajstić information content (AvgIpc) is 2.70. The number of carbonyl (C=O) groups excluding carboxylic acids is 2. The summed E-state index contributed by atoms with van der Waals surface area (Å²) in [5.74, 6) is -0.0757. The van der Waals surface area contributed by atoms with Gasteiger partial charge in [0.15, 0.2) is 0 Å². The van der Waals surface area contributed by atoms with E-state index >= 15 is 0 Å². The van der Waals surface area contributed by atoms with Crippen LogP contribution in [0.1, 0.15) is 58.8 Å². The molecule has 154 valence electrons. The number of esters is 1. The van der Waals surface area contributed by atoms with Gasteiger partial charge >= 0.3 is 5.97 Å². The molecule has 6 nitrogen and oxygen atoms in total. The van der Waals surface area contributed by atoms with Gasteiger partial charge in [0.2, 0.25) is 5.91 Å². The average molecular weight is 388 g/mol. The molecule has 2 fully saturated rings. The minimum Gasteiger partial charge on any atom is -0.466 e. The standard InChI is InChI=1S/C22H33N3O3/c1-3-28-20(26)16-17(2)24-21(27)18-4-8-22(9-5-18)10-14-25(15-11-22)19-6-12-23-13-7-19/h6-7,12-13,17-18H,3-5,8-11,14-16H2,1-2H3,(H,24,27). The Morgan fingerprint density at radius 3 is 2.46 bits per heavy atom. The number of pyridine rings is 1. The number of amides is 1. The lowest BCUT2D eigenvalue weighted by atomic mass is 9.65. The molecule has 1 saturated heterocycles. The second-order valence-corrected chi connectivity index (χ2v) is 8.39. The molecule has 2 heterocycles. The van der Waals surface area contributed by atoms with Gasteiger partial charge in [-0.05, 0) is 69.9 Å². The molecule has 1 spiro atoms. The first kappa shape index (κ1) is 20.6. The molecule has 1 aliphatic heterocycles. The zero-order valence-corrected chi connectivity index (χ0v) is 17.2. The number of aromatic nitrogens is 1. The first-order chi connectivity index (χ1) is 13.5. The number of piperidine rings is 1. The van der Waals surface area contributed by atoms with Crippen molar-refractivity contribution in [3.05, 3.63) is 24.5 Å². The fraction of sp³-hybridized carbons (Fsp3) is 0.682. The van der Waals surface area contributed by atoms with Crippen molar-refractivity contribution >= 4 is 17.6 Å². The number of ether oxygens (including phenoxy) is 1. The molecule has 1 amide bonds. The fourth-order valence-electron chi connectivity index (χ4n) is 4.67. The lowest BCUT2D eigenvalue weighted by molar-refractivity contribution is -0.143. The summed E-state index contributed by atoms with van der Waals surface area (Å²) in [6.45, 7) is 6.20. The van der Waals surface area contributed by atoms with Crippen molar-refractivity contribution in [1.29, 1.82) is 0 Å². The van der Waals surface area contributed by atoms with Crippen molar-refractivity contribution in [3.63, 3.8) is 0 Å². The summed E-state index contributed by atoms with van der Waals surface area (Å²) in [4.78, 5) is 30.7. The minimum atomic E-state index is -0.251. The van der Waals surface area contributed by atoms with Crippen molar-refractivity contribution in [2.24, 2.45) is 11.3 Å². The zero-order valence-electron chi connectivity index (χ0n) is 17.2. The van der Waals surface area contributed by atoms with Crippen LogP contribution in [0.4, 0.5) is 5.69 Å². The number of rotatable bonds is 6. The molecule has 1 atom stereocenters. The second-order valence-electron chi connectivity index (χ2n) is 8.39. The molecular weight excluding hydrogens is 354 g/mol. The summed E-state index contributed by atoms with van der Waals surface area (Å²) < 4.78 is 4.96. The van der Waals surface area contributed by atoms with E-state index in [4.69, 9.17) is 4.74 Å². The molecule has 1 N–H and O–H groups in total. The van der Waals surface area contributed by atoms with Gasteiger partial charge in [0.1, 0.15) is 0 Å². The summed E-state index contributed by atoms with van der Waals surface area (Å²) in [7, 11) is 0. The van der Waals surface area contributed by atoms with Gasteiger partial charge in [-0.2, -0.15) is 0 Å². The molecule has 0 radical (unpaired) electrons. The summed E-state index contributed by atoms with van der Waals surface area (Å²) in [6, 6.07) is 3.99. The van der Waals surface area contributed by atoms with Crippen LogP contribution in [-0.2, 0) is 14.3 Å². The monoisotopic (exact) mass is 387 g/mol. The van der Waals surface area contributed by atoms with E-state index < -0.39 is 0 Å². The largest absolute Gasteiger partial charge is 0.466 e. The zero-order chi connectivity index (χ0) is 20.0. The highest BCUT2D eigenvalue weighted by Gasteiger charge is 2.39. The molecule has 28 heavy (non-hydrogen) atoms. The normalized spacial score (nSPS) is 20.6. The van der Waals surface area contributed by atoms with Crippen LogP contribution in [0.25, 0.3) is 0 Å². The Labute approximate surface area is 168 Å². The molecule has 1 saturated carbocycles. The molecule has 0 aromatic carbocycles. The molecule has 1 unspecified atom stereocenters. The van der Waals surface area contributed by atoms with Gasteiger partial charge in [-0.15, -0.1) is 0 Å². The quantitative estimate of drug-likeness (QED) is 0.758. The van der Waals surface area contributed by atoms with E-state index in [1.54, 1.807) is 6.92 Å². The third-order valence-electron chi connectivity index (χ3n) is 6.44. The van der Waals surface area contributed by atoms with E-state index in [2.05, 4.69) is 27.3 Å². The minimum absolute atomic E-state index is 0.0773. The smallest absolute Gasteiger partial charge is 0.307 e. The number of hydrogen-bond acceptors (Lipinski definition) is 5. The SMILES string of the molecule is CCOC(=O)CC(C)NC(=O)C1CCC2(CC1)CCN(c1ccncc1)CC2. The summed E-state index contributed by atoms with van der Waals surface area (Å²) in [6.07, 6.45) is 10.5. The molecule has 0 bridgehead atoms. The molecule has 1 aromatic heterocycles.